The number of benzene rings is 1. The maximum atomic E-state index is 11.4. The van der Waals surface area contributed by atoms with E-state index in [1.165, 1.54) is 11.3 Å². The Balaban J connectivity index is 1.92. The van der Waals surface area contributed by atoms with Crippen LogP contribution in [0.15, 0.2) is 24.3 Å². The molecular formula is C13H12N4OS. The first kappa shape index (κ1) is 11.9. The number of hydrogen-bond acceptors (Lipinski definition) is 5. The van der Waals surface area contributed by atoms with Crippen molar-refractivity contribution in [3.63, 3.8) is 0 Å². The molecular weight excluding hydrogens is 260 g/mol. The van der Waals surface area contributed by atoms with Gasteiger partial charge >= 0.3 is 0 Å². The van der Waals surface area contributed by atoms with Crippen molar-refractivity contribution >= 4 is 39.2 Å². The van der Waals surface area contributed by atoms with Gasteiger partial charge in [0.25, 0.3) is 0 Å². The van der Waals surface area contributed by atoms with E-state index in [2.05, 4.69) is 20.3 Å². The maximum Gasteiger partial charge on any atom is 0.207 e. The van der Waals surface area contributed by atoms with Crippen LogP contribution in [-0.2, 0) is 0 Å². The Morgan fingerprint density at radius 3 is 2.79 bits per heavy atom. The number of thiazole rings is 1. The summed E-state index contributed by atoms with van der Waals surface area (Å²) in [5.41, 5.74) is 2.60. The Hall–Kier alpha value is -2.21. The minimum atomic E-state index is 0.0349. The smallest absolute Gasteiger partial charge is 0.207 e. The second kappa shape index (κ2) is 4.47. The summed E-state index contributed by atoms with van der Waals surface area (Å²) in [7, 11) is 0. The highest BCUT2D eigenvalue weighted by Crippen LogP contribution is 2.25. The Labute approximate surface area is 113 Å². The molecule has 0 atom stereocenters. The summed E-state index contributed by atoms with van der Waals surface area (Å²) < 4.78 is 0. The molecule has 19 heavy (non-hydrogen) atoms. The monoisotopic (exact) mass is 272 g/mol. The van der Waals surface area contributed by atoms with Crippen molar-refractivity contribution in [3.8, 4) is 0 Å². The number of imidazole rings is 1. The number of H-pyrrole nitrogens is 1. The van der Waals surface area contributed by atoms with Crippen LogP contribution in [0.5, 0.6) is 0 Å². The van der Waals surface area contributed by atoms with E-state index in [0.717, 1.165) is 16.7 Å². The van der Waals surface area contributed by atoms with E-state index < -0.39 is 0 Å². The van der Waals surface area contributed by atoms with Gasteiger partial charge in [-0.25, -0.2) is 9.97 Å². The molecule has 6 heteroatoms. The first-order valence-corrected chi connectivity index (χ1v) is 6.65. The van der Waals surface area contributed by atoms with Crippen LogP contribution in [0.25, 0.3) is 11.0 Å². The summed E-state index contributed by atoms with van der Waals surface area (Å²) in [4.78, 5) is 24.0. The van der Waals surface area contributed by atoms with Gasteiger partial charge in [0, 0.05) is 6.92 Å². The number of aromatic amines is 1. The fourth-order valence-electron chi connectivity index (χ4n) is 1.89. The molecule has 0 saturated carbocycles. The van der Waals surface area contributed by atoms with E-state index in [0.29, 0.717) is 16.0 Å². The van der Waals surface area contributed by atoms with Crippen molar-refractivity contribution in [1.29, 1.82) is 0 Å². The molecule has 3 aromatic rings. The summed E-state index contributed by atoms with van der Waals surface area (Å²) in [6.07, 6.45) is 0. The summed E-state index contributed by atoms with van der Waals surface area (Å²) in [5, 5.41) is 3.77. The topological polar surface area (TPSA) is 70.7 Å². The zero-order chi connectivity index (χ0) is 13.4. The molecule has 96 valence electrons. The Morgan fingerprint density at radius 2 is 2.11 bits per heavy atom. The maximum absolute atomic E-state index is 11.4. The summed E-state index contributed by atoms with van der Waals surface area (Å²) in [6, 6.07) is 7.78. The molecule has 0 amide bonds. The van der Waals surface area contributed by atoms with Crippen molar-refractivity contribution in [1.82, 2.24) is 15.0 Å². The fraction of sp³-hybridized carbons (Fsp3) is 0.154. The number of hydrogen-bond donors (Lipinski definition) is 2. The van der Waals surface area contributed by atoms with Crippen LogP contribution >= 0.6 is 11.3 Å². The molecule has 0 unspecified atom stereocenters. The van der Waals surface area contributed by atoms with E-state index >= 15 is 0 Å². The number of fused-ring (bicyclic) bond motifs is 1. The molecule has 2 aromatic heterocycles. The predicted molar refractivity (Wildman–Crippen MR) is 76.2 cm³/mol. The number of nitrogens with one attached hydrogen (secondary N) is 2. The molecule has 0 spiro atoms. The lowest BCUT2D eigenvalue weighted by molar-refractivity contribution is 0.102. The molecule has 5 nitrogen and oxygen atoms in total. The summed E-state index contributed by atoms with van der Waals surface area (Å²) >= 11 is 1.34. The number of ketones is 1. The van der Waals surface area contributed by atoms with Crippen molar-refractivity contribution < 1.29 is 4.79 Å². The number of aromatic nitrogens is 3. The van der Waals surface area contributed by atoms with E-state index in [9.17, 15) is 4.79 Å². The van der Waals surface area contributed by atoms with Gasteiger partial charge in [-0.05, 0) is 19.1 Å². The molecule has 0 bridgehead atoms. The van der Waals surface area contributed by atoms with Crippen LogP contribution in [0, 0.1) is 6.92 Å². The van der Waals surface area contributed by atoms with Crippen molar-refractivity contribution in [2.24, 2.45) is 0 Å². The van der Waals surface area contributed by atoms with Gasteiger partial charge in [0.1, 0.15) is 0 Å². The lowest BCUT2D eigenvalue weighted by Gasteiger charge is -1.94. The molecule has 0 fully saturated rings. The quantitative estimate of drug-likeness (QED) is 0.718. The summed E-state index contributed by atoms with van der Waals surface area (Å²) in [6.45, 7) is 3.38. The molecule has 0 radical (unpaired) electrons. The number of Topliss-reactive ketones (excluding diaryl/α,β-unsaturated/α-hetero) is 1. The Kier molecular flexibility index (Phi) is 2.79. The standard InChI is InChI=1S/C13H12N4OS/c1-7-11(8(2)18)19-13(14-7)17-12-15-9-5-3-4-6-10(9)16-12/h3-6H,1-2H3,(H2,14,15,16,17). The minimum absolute atomic E-state index is 0.0349. The van der Waals surface area contributed by atoms with E-state index in [-0.39, 0.29) is 5.78 Å². The molecule has 0 aliphatic rings. The van der Waals surface area contributed by atoms with Gasteiger partial charge in [0.05, 0.1) is 21.6 Å². The molecule has 1 aromatic carbocycles. The Bertz CT molecular complexity index is 726. The van der Waals surface area contributed by atoms with Crippen molar-refractivity contribution in [2.75, 3.05) is 5.32 Å². The zero-order valence-corrected chi connectivity index (χ0v) is 11.3. The average molecular weight is 272 g/mol. The van der Waals surface area contributed by atoms with E-state index in [1.54, 1.807) is 6.92 Å². The molecule has 0 aliphatic heterocycles. The van der Waals surface area contributed by atoms with Gasteiger partial charge in [0.2, 0.25) is 5.95 Å². The van der Waals surface area contributed by atoms with Gasteiger partial charge in [0.15, 0.2) is 10.9 Å². The number of carbonyl (C=O) groups is 1. The number of para-hydroxylation sites is 2. The highest BCUT2D eigenvalue weighted by molar-refractivity contribution is 7.17. The largest absolute Gasteiger partial charge is 0.324 e. The average Bonchev–Trinajstić information content (AvgIpc) is 2.92. The number of nitrogens with zero attached hydrogens (tertiary/aromatic N) is 2. The SMILES string of the molecule is CC(=O)c1sc(Nc2nc3ccccc3[nH]2)nc1C. The van der Waals surface area contributed by atoms with Crippen molar-refractivity contribution in [3.05, 3.63) is 34.8 Å². The van der Waals surface area contributed by atoms with Crippen LogP contribution in [-0.4, -0.2) is 20.7 Å². The number of aryl methyl sites for hydroxylation is 1. The van der Waals surface area contributed by atoms with Gasteiger partial charge < -0.3 is 10.3 Å². The predicted octanol–water partition coefficient (Wildman–Crippen LogP) is 3.27. The molecule has 3 rings (SSSR count). The normalized spacial score (nSPS) is 10.8. The molecule has 0 saturated heterocycles. The van der Waals surface area contributed by atoms with Crippen LogP contribution in [0.4, 0.5) is 11.1 Å². The molecule has 2 heterocycles. The van der Waals surface area contributed by atoms with E-state index in [1.807, 2.05) is 31.2 Å². The number of anilines is 2. The zero-order valence-electron chi connectivity index (χ0n) is 10.5. The lowest BCUT2D eigenvalue weighted by atomic mass is 10.3. The lowest BCUT2D eigenvalue weighted by Crippen LogP contribution is -1.91. The van der Waals surface area contributed by atoms with Gasteiger partial charge in [-0.2, -0.15) is 0 Å². The third kappa shape index (κ3) is 2.22. The molecule has 0 aliphatic carbocycles. The van der Waals surface area contributed by atoms with Crippen LogP contribution < -0.4 is 5.32 Å². The van der Waals surface area contributed by atoms with Crippen LogP contribution in [0.2, 0.25) is 0 Å². The minimum Gasteiger partial charge on any atom is -0.324 e. The second-order valence-electron chi connectivity index (χ2n) is 4.22. The summed E-state index contributed by atoms with van der Waals surface area (Å²) in [5.74, 6) is 0.665. The third-order valence-corrected chi connectivity index (χ3v) is 3.90. The highest BCUT2D eigenvalue weighted by atomic mass is 32.1. The van der Waals surface area contributed by atoms with Crippen molar-refractivity contribution in [2.45, 2.75) is 13.8 Å². The first-order chi connectivity index (χ1) is 9.13. The second-order valence-corrected chi connectivity index (χ2v) is 5.22. The van der Waals surface area contributed by atoms with Gasteiger partial charge in [-0.1, -0.05) is 23.5 Å². The van der Waals surface area contributed by atoms with E-state index in [4.69, 9.17) is 0 Å². The highest BCUT2D eigenvalue weighted by Gasteiger charge is 2.12. The van der Waals surface area contributed by atoms with Crippen LogP contribution in [0.3, 0.4) is 0 Å². The van der Waals surface area contributed by atoms with Gasteiger partial charge in [-0.15, -0.1) is 0 Å². The van der Waals surface area contributed by atoms with Crippen LogP contribution in [0.1, 0.15) is 22.3 Å². The molecule has 2 N–H and O–H groups in total. The Morgan fingerprint density at radius 1 is 1.32 bits per heavy atom. The number of rotatable bonds is 3. The van der Waals surface area contributed by atoms with Gasteiger partial charge in [-0.3, -0.25) is 4.79 Å². The third-order valence-electron chi connectivity index (χ3n) is 2.73. The number of carbonyl (C=O) groups excluding carboxylic acids is 1. The first-order valence-electron chi connectivity index (χ1n) is 5.83. The fourth-order valence-corrected chi connectivity index (χ4v) is 2.75.